The molecule has 0 spiro atoms. The van der Waals surface area contributed by atoms with Gasteiger partial charge in [-0.25, -0.2) is 26.3 Å². The van der Waals surface area contributed by atoms with E-state index in [0.29, 0.717) is 13.0 Å². The van der Waals surface area contributed by atoms with Crippen LogP contribution in [0.5, 0.6) is 5.75 Å². The molecule has 3 rings (SSSR count). The first kappa shape index (κ1) is 25.2. The Morgan fingerprint density at radius 3 is 2.52 bits per heavy atom. The van der Waals surface area contributed by atoms with Crippen LogP contribution in [-0.2, 0) is 14.8 Å². The van der Waals surface area contributed by atoms with Crippen molar-refractivity contribution in [3.8, 4) is 5.75 Å². The fraction of sp³-hybridized carbons (Fsp3) is 0.316. The molecule has 1 saturated heterocycles. The Kier molecular flexibility index (Phi) is 7.50. The standard InChI is InChI=1S/C19H16B3F3N2O5S/c20-19(21,22)32-16-4-2-12(33(29,30)27-11-5-6-31-9-11)8-14(16)18(28)26-10-1-3-15(23)13(7-10)17(24)25/h1-4,7-8,11,17,27H,5-6,9H2,(H,26,28)/t11-/m0/s1. The van der Waals surface area contributed by atoms with Crippen molar-refractivity contribution in [3.63, 3.8) is 0 Å². The van der Waals surface area contributed by atoms with Crippen LogP contribution in [0.15, 0.2) is 41.3 Å². The van der Waals surface area contributed by atoms with Crippen molar-refractivity contribution < 1.29 is 35.9 Å². The molecule has 0 aliphatic carbocycles. The van der Waals surface area contributed by atoms with Crippen LogP contribution in [0.4, 0.5) is 18.9 Å². The van der Waals surface area contributed by atoms with Crippen molar-refractivity contribution in [1.82, 2.24) is 4.72 Å². The molecule has 2 aromatic carbocycles. The lowest BCUT2D eigenvalue weighted by Crippen LogP contribution is -2.38. The van der Waals surface area contributed by atoms with E-state index < -0.39 is 45.1 Å². The summed E-state index contributed by atoms with van der Waals surface area (Å²) in [5.41, 5.74) is -1.46. The molecule has 6 radical (unpaired) electrons. The number of anilines is 1. The summed E-state index contributed by atoms with van der Waals surface area (Å²) in [5.74, 6) is -2.40. The number of carbonyl (C=O) groups is 1. The maximum atomic E-state index is 13.5. The van der Waals surface area contributed by atoms with Crippen LogP contribution in [0, 0.1) is 5.82 Å². The minimum atomic E-state index is -4.06. The Labute approximate surface area is 192 Å². The lowest BCUT2D eigenvalue weighted by atomic mass is 9.52. The van der Waals surface area contributed by atoms with Crippen LogP contribution >= 0.6 is 0 Å². The number of hydrogen-bond acceptors (Lipinski definition) is 5. The molecule has 0 bridgehead atoms. The summed E-state index contributed by atoms with van der Waals surface area (Å²) in [4.78, 5) is 12.6. The van der Waals surface area contributed by atoms with E-state index in [0.717, 1.165) is 36.4 Å². The van der Waals surface area contributed by atoms with Gasteiger partial charge in [-0.2, -0.15) is 0 Å². The third kappa shape index (κ3) is 6.55. The zero-order valence-electron chi connectivity index (χ0n) is 17.1. The van der Waals surface area contributed by atoms with Crippen molar-refractivity contribution >= 4 is 45.2 Å². The first-order valence-electron chi connectivity index (χ1n) is 9.54. The lowest BCUT2D eigenvalue weighted by Gasteiger charge is -2.25. The zero-order chi connectivity index (χ0) is 24.4. The fourth-order valence-electron chi connectivity index (χ4n) is 3.04. The van der Waals surface area contributed by atoms with E-state index in [1.165, 1.54) is 0 Å². The highest BCUT2D eigenvalue weighted by molar-refractivity contribution is 7.89. The molecule has 2 aromatic rings. The summed E-state index contributed by atoms with van der Waals surface area (Å²) >= 11 is 0. The van der Waals surface area contributed by atoms with Gasteiger partial charge in [-0.15, -0.1) is 0 Å². The average molecular weight is 474 g/mol. The number of rotatable bonds is 8. The molecule has 14 heteroatoms. The second-order valence-electron chi connectivity index (χ2n) is 7.29. The molecule has 1 fully saturated rings. The van der Waals surface area contributed by atoms with E-state index in [4.69, 9.17) is 33.0 Å². The molecule has 0 saturated carbocycles. The van der Waals surface area contributed by atoms with E-state index in [1.54, 1.807) is 0 Å². The molecular weight excluding hydrogens is 458 g/mol. The molecule has 1 aliphatic rings. The number of sulfonamides is 1. The van der Waals surface area contributed by atoms with Gasteiger partial charge in [0.2, 0.25) is 10.0 Å². The van der Waals surface area contributed by atoms with Crippen molar-refractivity contribution in [2.24, 2.45) is 0 Å². The Hall–Kier alpha value is -2.44. The van der Waals surface area contributed by atoms with Gasteiger partial charge in [0.05, 0.1) is 22.6 Å². The number of halogens is 3. The number of ether oxygens (including phenoxy) is 2. The van der Waals surface area contributed by atoms with Gasteiger partial charge in [0.15, 0.2) is 0 Å². The number of carbonyl (C=O) groups excluding carboxylic acids is 1. The van der Waals surface area contributed by atoms with Crippen LogP contribution < -0.4 is 14.8 Å². The minimum absolute atomic E-state index is 0.170. The van der Waals surface area contributed by atoms with Gasteiger partial charge in [0.25, 0.3) is 12.3 Å². The Balaban J connectivity index is 1.95. The molecule has 33 heavy (non-hydrogen) atoms. The van der Waals surface area contributed by atoms with Crippen LogP contribution in [-0.4, -0.2) is 62.4 Å². The van der Waals surface area contributed by atoms with Gasteiger partial charge < -0.3 is 14.8 Å². The predicted molar refractivity (Wildman–Crippen MR) is 116 cm³/mol. The summed E-state index contributed by atoms with van der Waals surface area (Å²) in [6, 6.07) is 5.36. The first-order chi connectivity index (χ1) is 15.4. The van der Waals surface area contributed by atoms with Crippen LogP contribution in [0.25, 0.3) is 0 Å². The monoisotopic (exact) mass is 474 g/mol. The summed E-state index contributed by atoms with van der Waals surface area (Å²) < 4.78 is 77.7. The van der Waals surface area contributed by atoms with Crippen LogP contribution in [0.3, 0.4) is 0 Å². The normalized spacial score (nSPS) is 16.7. The van der Waals surface area contributed by atoms with Gasteiger partial charge in [0, 0.05) is 18.3 Å². The van der Waals surface area contributed by atoms with Crippen molar-refractivity contribution in [1.29, 1.82) is 0 Å². The van der Waals surface area contributed by atoms with E-state index in [1.807, 2.05) is 0 Å². The third-order valence-corrected chi connectivity index (χ3v) is 6.05. The zero-order valence-corrected chi connectivity index (χ0v) is 17.9. The Bertz CT molecular complexity index is 1140. The quantitative estimate of drug-likeness (QED) is 0.568. The summed E-state index contributed by atoms with van der Waals surface area (Å²) in [6.07, 6.45) is -2.65. The molecule has 168 valence electrons. The van der Waals surface area contributed by atoms with E-state index in [2.05, 4.69) is 10.0 Å². The maximum Gasteiger partial charge on any atom is 0.266 e. The van der Waals surface area contributed by atoms with Crippen molar-refractivity contribution in [3.05, 3.63) is 53.3 Å². The van der Waals surface area contributed by atoms with Gasteiger partial charge in [0.1, 0.15) is 35.1 Å². The van der Waals surface area contributed by atoms with Crippen molar-refractivity contribution in [2.75, 3.05) is 18.5 Å². The molecule has 7 nitrogen and oxygen atoms in total. The molecule has 1 heterocycles. The fourth-order valence-corrected chi connectivity index (χ4v) is 4.32. The number of nitrogens with one attached hydrogen (secondary N) is 2. The highest BCUT2D eigenvalue weighted by Gasteiger charge is 2.26. The summed E-state index contributed by atoms with van der Waals surface area (Å²) in [6.45, 7) is 0.596. The molecule has 1 atom stereocenters. The van der Waals surface area contributed by atoms with Crippen molar-refractivity contribution in [2.45, 2.75) is 29.1 Å². The lowest BCUT2D eigenvalue weighted by molar-refractivity contribution is 0.102. The average Bonchev–Trinajstić information content (AvgIpc) is 3.20. The largest absolute Gasteiger partial charge is 0.515 e. The maximum absolute atomic E-state index is 13.5. The summed E-state index contributed by atoms with van der Waals surface area (Å²) in [5, 5.41) is 0.0673. The van der Waals surface area contributed by atoms with Gasteiger partial charge >= 0.3 is 0 Å². The molecular formula is C19H16B3F3N2O5S. The van der Waals surface area contributed by atoms with Gasteiger partial charge in [-0.1, -0.05) is 0 Å². The Morgan fingerprint density at radius 1 is 1.18 bits per heavy atom. The summed E-state index contributed by atoms with van der Waals surface area (Å²) in [7, 11) is 12.2. The smallest absolute Gasteiger partial charge is 0.266 e. The minimum Gasteiger partial charge on any atom is -0.515 e. The molecule has 2 N–H and O–H groups in total. The Morgan fingerprint density at radius 2 is 1.91 bits per heavy atom. The number of alkyl halides is 2. The highest BCUT2D eigenvalue weighted by atomic mass is 32.2. The number of benzene rings is 2. The SMILES string of the molecule is [B]C([B])([B])Oc1ccc(S(=O)(=O)N[C@H]2CCOC2)cc1C(=O)Nc1ccc(F)c(C(F)F)c1. The molecule has 1 amide bonds. The molecule has 0 aromatic heterocycles. The van der Waals surface area contributed by atoms with Crippen LogP contribution in [0.1, 0.15) is 28.8 Å². The van der Waals surface area contributed by atoms with E-state index >= 15 is 0 Å². The second kappa shape index (κ2) is 9.82. The first-order valence-corrected chi connectivity index (χ1v) is 11.0. The van der Waals surface area contributed by atoms with Crippen LogP contribution in [0.2, 0.25) is 0 Å². The molecule has 1 aliphatic heterocycles. The molecule has 0 unspecified atom stereocenters. The third-order valence-electron chi connectivity index (χ3n) is 4.53. The van der Waals surface area contributed by atoms with Gasteiger partial charge in [-0.3, -0.25) is 4.79 Å². The number of amides is 1. The van der Waals surface area contributed by atoms with E-state index in [-0.39, 0.29) is 28.5 Å². The second-order valence-corrected chi connectivity index (χ2v) is 9.00. The predicted octanol–water partition coefficient (Wildman–Crippen LogP) is 1.58. The van der Waals surface area contributed by atoms with Gasteiger partial charge in [-0.05, 0) is 48.1 Å². The topological polar surface area (TPSA) is 93.7 Å². The van der Waals surface area contributed by atoms with E-state index in [9.17, 15) is 26.4 Å². The highest BCUT2D eigenvalue weighted by Crippen LogP contribution is 2.28. The number of hydrogen-bond donors (Lipinski definition) is 2.